The van der Waals surface area contributed by atoms with E-state index in [9.17, 15) is 4.79 Å². The molecule has 0 bridgehead atoms. The standard InChI is InChI=1S/C20H20N6OS/c1-14-6-7-15(2)16(11-14)25-10-8-21-20(25)28-13-19(27)22-12-18-24-23-17-5-3-4-9-26(17)18/h3-11H,12-13H2,1-2H3,(H,22,27). The van der Waals surface area contributed by atoms with Crippen LogP contribution in [0.1, 0.15) is 17.0 Å². The Morgan fingerprint density at radius 2 is 2.04 bits per heavy atom. The Hall–Kier alpha value is -3.13. The van der Waals surface area contributed by atoms with Crippen molar-refractivity contribution in [2.75, 3.05) is 5.75 Å². The predicted molar refractivity (Wildman–Crippen MR) is 109 cm³/mol. The lowest BCUT2D eigenvalue weighted by Gasteiger charge is -2.11. The molecule has 1 amide bonds. The highest BCUT2D eigenvalue weighted by atomic mass is 32.2. The summed E-state index contributed by atoms with van der Waals surface area (Å²) in [5, 5.41) is 11.9. The molecule has 7 nitrogen and oxygen atoms in total. The van der Waals surface area contributed by atoms with Gasteiger partial charge in [0.05, 0.1) is 18.0 Å². The zero-order chi connectivity index (χ0) is 19.5. The number of thioether (sulfide) groups is 1. The van der Waals surface area contributed by atoms with Crippen LogP contribution < -0.4 is 5.32 Å². The second-order valence-electron chi connectivity index (χ2n) is 6.48. The summed E-state index contributed by atoms with van der Waals surface area (Å²) in [5.74, 6) is 0.901. The molecule has 0 unspecified atom stereocenters. The third-order valence-electron chi connectivity index (χ3n) is 4.39. The molecule has 0 fully saturated rings. The minimum atomic E-state index is -0.0757. The molecule has 1 N–H and O–H groups in total. The second kappa shape index (κ2) is 7.85. The van der Waals surface area contributed by atoms with Crippen LogP contribution in [-0.2, 0) is 11.3 Å². The second-order valence-corrected chi connectivity index (χ2v) is 7.42. The maximum Gasteiger partial charge on any atom is 0.230 e. The molecular formula is C20H20N6OS. The molecule has 1 aromatic carbocycles. The van der Waals surface area contributed by atoms with Crippen LogP contribution in [0.2, 0.25) is 0 Å². The number of nitrogens with one attached hydrogen (secondary N) is 1. The number of rotatable bonds is 6. The average Bonchev–Trinajstić information content (AvgIpc) is 3.33. The molecule has 8 heteroatoms. The Bertz CT molecular complexity index is 1130. The number of benzene rings is 1. The largest absolute Gasteiger partial charge is 0.348 e. The van der Waals surface area contributed by atoms with Gasteiger partial charge >= 0.3 is 0 Å². The zero-order valence-corrected chi connectivity index (χ0v) is 16.5. The fraction of sp³-hybridized carbons (Fsp3) is 0.200. The summed E-state index contributed by atoms with van der Waals surface area (Å²) in [6.45, 7) is 4.46. The van der Waals surface area contributed by atoms with Crippen molar-refractivity contribution in [3.05, 3.63) is 71.9 Å². The fourth-order valence-electron chi connectivity index (χ4n) is 2.93. The minimum Gasteiger partial charge on any atom is -0.348 e. The van der Waals surface area contributed by atoms with E-state index in [1.165, 1.54) is 17.3 Å². The van der Waals surface area contributed by atoms with E-state index in [0.717, 1.165) is 22.1 Å². The van der Waals surface area contributed by atoms with Gasteiger partial charge in [-0.3, -0.25) is 13.8 Å². The summed E-state index contributed by atoms with van der Waals surface area (Å²) in [7, 11) is 0. The predicted octanol–water partition coefficient (Wildman–Crippen LogP) is 2.94. The van der Waals surface area contributed by atoms with Crippen LogP contribution in [0.4, 0.5) is 0 Å². The van der Waals surface area contributed by atoms with E-state index in [4.69, 9.17) is 0 Å². The third kappa shape index (κ3) is 3.77. The molecule has 0 aliphatic carbocycles. The number of pyridine rings is 1. The lowest BCUT2D eigenvalue weighted by atomic mass is 10.1. The lowest BCUT2D eigenvalue weighted by Crippen LogP contribution is -2.25. The van der Waals surface area contributed by atoms with E-state index < -0.39 is 0 Å². The Morgan fingerprint density at radius 3 is 2.93 bits per heavy atom. The average molecular weight is 392 g/mol. The molecule has 0 saturated heterocycles. The molecule has 4 rings (SSSR count). The van der Waals surface area contributed by atoms with Crippen LogP contribution in [0.25, 0.3) is 11.3 Å². The minimum absolute atomic E-state index is 0.0757. The van der Waals surface area contributed by atoms with Gasteiger partial charge in [0, 0.05) is 18.6 Å². The lowest BCUT2D eigenvalue weighted by molar-refractivity contribution is -0.118. The highest BCUT2D eigenvalue weighted by molar-refractivity contribution is 7.99. The van der Waals surface area contributed by atoms with Crippen molar-refractivity contribution in [2.45, 2.75) is 25.5 Å². The Labute approximate surface area is 166 Å². The molecule has 3 heterocycles. The van der Waals surface area contributed by atoms with E-state index in [0.29, 0.717) is 12.4 Å². The Morgan fingerprint density at radius 1 is 1.14 bits per heavy atom. The normalized spacial score (nSPS) is 11.1. The number of aromatic nitrogens is 5. The van der Waals surface area contributed by atoms with Crippen LogP contribution in [0.5, 0.6) is 0 Å². The molecule has 0 aliphatic heterocycles. The molecule has 0 radical (unpaired) electrons. The molecule has 3 aromatic heterocycles. The summed E-state index contributed by atoms with van der Waals surface area (Å²) in [5.41, 5.74) is 4.18. The van der Waals surface area contributed by atoms with Gasteiger partial charge < -0.3 is 5.32 Å². The summed E-state index contributed by atoms with van der Waals surface area (Å²) in [6, 6.07) is 12.0. The highest BCUT2D eigenvalue weighted by Gasteiger charge is 2.12. The first-order valence-corrected chi connectivity index (χ1v) is 9.89. The first-order valence-electron chi connectivity index (χ1n) is 8.91. The molecule has 28 heavy (non-hydrogen) atoms. The molecular weight excluding hydrogens is 372 g/mol. The van der Waals surface area contributed by atoms with Gasteiger partial charge in [0.1, 0.15) is 0 Å². The number of amides is 1. The summed E-state index contributed by atoms with van der Waals surface area (Å²) in [4.78, 5) is 16.7. The number of carbonyl (C=O) groups is 1. The topological polar surface area (TPSA) is 77.1 Å². The number of imidazole rings is 1. The van der Waals surface area contributed by atoms with Crippen LogP contribution in [0.15, 0.2) is 60.1 Å². The number of fused-ring (bicyclic) bond motifs is 1. The summed E-state index contributed by atoms with van der Waals surface area (Å²) in [6.07, 6.45) is 5.56. The molecule has 0 saturated carbocycles. The van der Waals surface area contributed by atoms with Gasteiger partial charge in [0.25, 0.3) is 0 Å². The van der Waals surface area contributed by atoms with Crippen LogP contribution in [0.3, 0.4) is 0 Å². The Balaban J connectivity index is 1.39. The van der Waals surface area contributed by atoms with Gasteiger partial charge in [-0.2, -0.15) is 0 Å². The van der Waals surface area contributed by atoms with Crippen molar-refractivity contribution in [3.8, 4) is 5.69 Å². The zero-order valence-electron chi connectivity index (χ0n) is 15.7. The smallest absolute Gasteiger partial charge is 0.230 e. The van der Waals surface area contributed by atoms with Gasteiger partial charge in [-0.25, -0.2) is 4.98 Å². The number of nitrogens with zero attached hydrogens (tertiary/aromatic N) is 5. The first kappa shape index (κ1) is 18.2. The van der Waals surface area contributed by atoms with Crippen LogP contribution in [-0.4, -0.2) is 35.8 Å². The van der Waals surface area contributed by atoms with E-state index >= 15 is 0 Å². The van der Waals surface area contributed by atoms with Crippen LogP contribution in [0, 0.1) is 13.8 Å². The summed E-state index contributed by atoms with van der Waals surface area (Å²) >= 11 is 1.41. The summed E-state index contributed by atoms with van der Waals surface area (Å²) < 4.78 is 3.88. The fourth-order valence-corrected chi connectivity index (χ4v) is 3.73. The van der Waals surface area contributed by atoms with Crippen molar-refractivity contribution in [1.82, 2.24) is 29.5 Å². The Kier molecular flexibility index (Phi) is 5.12. The number of hydrogen-bond donors (Lipinski definition) is 1. The molecule has 142 valence electrons. The van der Waals surface area contributed by atoms with Gasteiger partial charge in [-0.05, 0) is 43.2 Å². The van der Waals surface area contributed by atoms with Gasteiger partial charge in [0.2, 0.25) is 5.91 Å². The SMILES string of the molecule is Cc1ccc(C)c(-n2ccnc2SCC(=O)NCc2nnc3ccccn23)c1. The maximum absolute atomic E-state index is 12.3. The quantitative estimate of drug-likeness (QED) is 0.511. The molecule has 4 aromatic rings. The van der Waals surface area contributed by atoms with Crippen LogP contribution >= 0.6 is 11.8 Å². The van der Waals surface area contributed by atoms with E-state index in [1.54, 1.807) is 6.20 Å². The monoisotopic (exact) mass is 392 g/mol. The van der Waals surface area contributed by atoms with E-state index in [1.807, 2.05) is 39.6 Å². The van der Waals surface area contributed by atoms with Crippen molar-refractivity contribution in [2.24, 2.45) is 0 Å². The number of carbonyl (C=O) groups excluding carboxylic acids is 1. The molecule has 0 spiro atoms. The first-order chi connectivity index (χ1) is 13.6. The maximum atomic E-state index is 12.3. The molecule has 0 atom stereocenters. The van der Waals surface area contributed by atoms with Gasteiger partial charge in [0.15, 0.2) is 16.6 Å². The van der Waals surface area contributed by atoms with E-state index in [2.05, 4.69) is 52.5 Å². The number of hydrogen-bond acceptors (Lipinski definition) is 5. The molecule has 0 aliphatic rings. The van der Waals surface area contributed by atoms with Crippen molar-refractivity contribution >= 4 is 23.3 Å². The third-order valence-corrected chi connectivity index (χ3v) is 5.36. The van der Waals surface area contributed by atoms with Crippen molar-refractivity contribution in [3.63, 3.8) is 0 Å². The van der Waals surface area contributed by atoms with Crippen molar-refractivity contribution < 1.29 is 4.79 Å². The highest BCUT2D eigenvalue weighted by Crippen LogP contribution is 2.23. The number of aryl methyl sites for hydroxylation is 2. The van der Waals surface area contributed by atoms with Crippen molar-refractivity contribution in [1.29, 1.82) is 0 Å². The van der Waals surface area contributed by atoms with Gasteiger partial charge in [-0.15, -0.1) is 10.2 Å². The van der Waals surface area contributed by atoms with Gasteiger partial charge in [-0.1, -0.05) is 30.0 Å². The van der Waals surface area contributed by atoms with E-state index in [-0.39, 0.29) is 11.7 Å².